The maximum Gasteiger partial charge on any atom is 0.389 e. The first-order chi connectivity index (χ1) is 18.3. The summed E-state index contributed by atoms with van der Waals surface area (Å²) in [6, 6.07) is 0.781. The summed E-state index contributed by atoms with van der Waals surface area (Å²) in [4.78, 5) is 33.8. The quantitative estimate of drug-likeness (QED) is 0.229. The number of hydrogen-bond acceptors (Lipinski definition) is 8. The van der Waals surface area contributed by atoms with Gasteiger partial charge < -0.3 is 25.3 Å². The number of carbonyl (C=O) groups excluding carboxylic acids is 2. The molecule has 0 saturated carbocycles. The molecule has 0 aliphatic heterocycles. The van der Waals surface area contributed by atoms with E-state index in [0.717, 1.165) is 29.7 Å². The van der Waals surface area contributed by atoms with Gasteiger partial charge in [-0.25, -0.2) is 14.4 Å². The molecule has 2 amide bonds. The summed E-state index contributed by atoms with van der Waals surface area (Å²) >= 11 is 7.01. The van der Waals surface area contributed by atoms with E-state index in [9.17, 15) is 37.4 Å². The summed E-state index contributed by atoms with van der Waals surface area (Å²) in [5, 5.41) is 26.7. The van der Waals surface area contributed by atoms with E-state index in [1.54, 1.807) is 0 Å². The van der Waals surface area contributed by atoms with Crippen LogP contribution in [-0.4, -0.2) is 56.4 Å². The summed E-state index contributed by atoms with van der Waals surface area (Å²) in [7, 11) is 0. The third-order valence-electron chi connectivity index (χ3n) is 5.54. The molecule has 0 spiro atoms. The van der Waals surface area contributed by atoms with E-state index in [-0.39, 0.29) is 40.1 Å². The number of thiazole rings is 1. The van der Waals surface area contributed by atoms with Gasteiger partial charge in [-0.1, -0.05) is 11.6 Å². The molecule has 2 unspecified atom stereocenters. The molecule has 1 aromatic carbocycles. The number of aliphatic hydroxyl groups is 2. The van der Waals surface area contributed by atoms with E-state index in [2.05, 4.69) is 20.6 Å². The molecule has 0 saturated heterocycles. The van der Waals surface area contributed by atoms with Gasteiger partial charge in [0.1, 0.15) is 23.0 Å². The molecule has 9 nitrogen and oxygen atoms in total. The van der Waals surface area contributed by atoms with Gasteiger partial charge in [0, 0.05) is 18.0 Å². The molecule has 4 N–H and O–H groups in total. The average Bonchev–Trinajstić information content (AvgIpc) is 3.56. The van der Waals surface area contributed by atoms with Crippen LogP contribution in [0.1, 0.15) is 54.3 Å². The second-order valence-corrected chi connectivity index (χ2v) is 10.0. The van der Waals surface area contributed by atoms with Crippen LogP contribution >= 0.6 is 22.9 Å². The van der Waals surface area contributed by atoms with Crippen LogP contribution in [0, 0.1) is 5.82 Å². The third kappa shape index (κ3) is 8.98. The predicted octanol–water partition coefficient (Wildman–Crippen LogP) is 4.41. The minimum Gasteiger partial charge on any atom is -0.431 e. The van der Waals surface area contributed by atoms with Gasteiger partial charge in [0.15, 0.2) is 0 Å². The number of alkyl halides is 3. The Morgan fingerprint density at radius 2 is 1.90 bits per heavy atom. The Bertz CT molecular complexity index is 1260. The Morgan fingerprint density at radius 1 is 1.15 bits per heavy atom. The first-order valence-electron chi connectivity index (χ1n) is 11.7. The maximum atomic E-state index is 13.3. The summed E-state index contributed by atoms with van der Waals surface area (Å²) < 4.78 is 57.5. The second-order valence-electron chi connectivity index (χ2n) is 8.69. The van der Waals surface area contributed by atoms with Gasteiger partial charge in [-0.2, -0.15) is 13.2 Å². The molecule has 3 aromatic rings. The van der Waals surface area contributed by atoms with Crippen LogP contribution in [0.25, 0.3) is 11.5 Å². The number of aliphatic hydroxyl groups excluding tert-OH is 2. The van der Waals surface area contributed by atoms with Crippen LogP contribution in [-0.2, 0) is 4.79 Å². The fourth-order valence-electron chi connectivity index (χ4n) is 3.54. The van der Waals surface area contributed by atoms with E-state index < -0.39 is 60.9 Å². The predicted molar refractivity (Wildman–Crippen MR) is 133 cm³/mol. The molecule has 212 valence electrons. The Morgan fingerprint density at radius 3 is 2.51 bits per heavy atom. The Balaban J connectivity index is 1.77. The standard InChI is InChI=1S/C24H25ClF4N4O5S/c1-12(34)2-5-17(20(36)32-16(6-7-24(27,28)29)19(35)23-30-8-9-39-23)33-21(37)18-11-31-22(38-18)14-4-3-13(26)10-15(14)25/h3-4,8-12,16-17,19,34-35H,2,5-7H2,1H3,(H,32,36)(H,33,37)/t12?,16-,17-,19?/m0/s1. The lowest BCUT2D eigenvalue weighted by Gasteiger charge is -2.26. The van der Waals surface area contributed by atoms with Crippen molar-refractivity contribution in [3.05, 3.63) is 57.6 Å². The SMILES string of the molecule is CC(O)CC[C@H](NC(=O)c1cnc(-c2ccc(F)cc2Cl)o1)C(=O)N[C@@H](CCC(F)(F)F)C(O)c1nccs1. The summed E-state index contributed by atoms with van der Waals surface area (Å²) in [5.74, 6) is -2.77. The van der Waals surface area contributed by atoms with Crippen molar-refractivity contribution in [1.29, 1.82) is 0 Å². The number of rotatable bonds is 12. The number of carbonyl (C=O) groups is 2. The van der Waals surface area contributed by atoms with E-state index in [4.69, 9.17) is 16.0 Å². The number of aromatic nitrogens is 2. The normalized spacial score (nSPS) is 14.9. The zero-order valence-corrected chi connectivity index (χ0v) is 22.0. The highest BCUT2D eigenvalue weighted by molar-refractivity contribution is 7.09. The molecule has 0 aliphatic rings. The van der Waals surface area contributed by atoms with E-state index in [1.807, 2.05) is 0 Å². The lowest BCUT2D eigenvalue weighted by atomic mass is 10.0. The summed E-state index contributed by atoms with van der Waals surface area (Å²) in [5.41, 5.74) is 0.212. The van der Waals surface area contributed by atoms with Gasteiger partial charge in [0.25, 0.3) is 5.91 Å². The van der Waals surface area contributed by atoms with Crippen LogP contribution in [0.4, 0.5) is 17.6 Å². The van der Waals surface area contributed by atoms with Crippen LogP contribution in [0.2, 0.25) is 5.02 Å². The minimum absolute atomic E-state index is 0.0123. The topological polar surface area (TPSA) is 138 Å². The van der Waals surface area contributed by atoms with Crippen molar-refractivity contribution in [3.63, 3.8) is 0 Å². The van der Waals surface area contributed by atoms with Crippen molar-refractivity contribution < 1.29 is 41.8 Å². The number of hydrogen-bond donors (Lipinski definition) is 4. The highest BCUT2D eigenvalue weighted by atomic mass is 35.5. The highest BCUT2D eigenvalue weighted by Gasteiger charge is 2.34. The molecule has 39 heavy (non-hydrogen) atoms. The lowest BCUT2D eigenvalue weighted by molar-refractivity contribution is -0.140. The van der Waals surface area contributed by atoms with E-state index in [0.29, 0.717) is 0 Å². The number of nitrogens with zero attached hydrogens (tertiary/aromatic N) is 2. The second kappa shape index (κ2) is 13.3. The van der Waals surface area contributed by atoms with Gasteiger partial charge in [-0.3, -0.25) is 9.59 Å². The van der Waals surface area contributed by atoms with Crippen LogP contribution < -0.4 is 10.6 Å². The van der Waals surface area contributed by atoms with E-state index >= 15 is 0 Å². The third-order valence-corrected chi connectivity index (χ3v) is 6.70. The first-order valence-corrected chi connectivity index (χ1v) is 12.9. The molecule has 0 fully saturated rings. The highest BCUT2D eigenvalue weighted by Crippen LogP contribution is 2.29. The van der Waals surface area contributed by atoms with E-state index in [1.165, 1.54) is 24.6 Å². The molecule has 2 aromatic heterocycles. The molecule has 0 radical (unpaired) electrons. The van der Waals surface area contributed by atoms with Crippen LogP contribution in [0.3, 0.4) is 0 Å². The molecule has 3 rings (SSSR count). The Labute approximate surface area is 229 Å². The molecular weight excluding hydrogens is 568 g/mol. The number of nitrogens with one attached hydrogen (secondary N) is 2. The van der Waals surface area contributed by atoms with Crippen molar-refractivity contribution >= 4 is 34.8 Å². The van der Waals surface area contributed by atoms with Crippen molar-refractivity contribution in [1.82, 2.24) is 20.6 Å². The van der Waals surface area contributed by atoms with Gasteiger partial charge >= 0.3 is 6.18 Å². The monoisotopic (exact) mass is 592 g/mol. The van der Waals surface area contributed by atoms with Gasteiger partial charge in [-0.05, 0) is 44.4 Å². The summed E-state index contributed by atoms with van der Waals surface area (Å²) in [6.45, 7) is 1.46. The van der Waals surface area contributed by atoms with Crippen molar-refractivity contribution in [2.24, 2.45) is 0 Å². The average molecular weight is 593 g/mol. The molecule has 4 atom stereocenters. The number of amides is 2. The molecule has 15 heteroatoms. The molecule has 0 aliphatic carbocycles. The van der Waals surface area contributed by atoms with Crippen molar-refractivity contribution in [3.8, 4) is 11.5 Å². The van der Waals surface area contributed by atoms with Crippen LogP contribution in [0.15, 0.2) is 40.4 Å². The smallest absolute Gasteiger partial charge is 0.389 e. The largest absolute Gasteiger partial charge is 0.431 e. The fraction of sp³-hybridized carbons (Fsp3) is 0.417. The zero-order valence-electron chi connectivity index (χ0n) is 20.4. The van der Waals surface area contributed by atoms with Crippen molar-refractivity contribution in [2.45, 2.75) is 63.1 Å². The minimum atomic E-state index is -4.54. The maximum absolute atomic E-state index is 13.3. The fourth-order valence-corrected chi connectivity index (χ4v) is 4.47. The molecular formula is C24H25ClF4N4O5S. The number of halogens is 5. The lowest BCUT2D eigenvalue weighted by Crippen LogP contribution is -2.51. The van der Waals surface area contributed by atoms with Crippen molar-refractivity contribution in [2.75, 3.05) is 0 Å². The Kier molecular flexibility index (Phi) is 10.4. The Hall–Kier alpha value is -3.07. The summed E-state index contributed by atoms with van der Waals surface area (Å²) in [6.07, 6.45) is -6.43. The molecule has 2 heterocycles. The van der Waals surface area contributed by atoms with Gasteiger partial charge in [0.2, 0.25) is 17.6 Å². The number of benzene rings is 1. The van der Waals surface area contributed by atoms with Crippen LogP contribution in [0.5, 0.6) is 0 Å². The number of oxazole rings is 1. The molecule has 0 bridgehead atoms. The van der Waals surface area contributed by atoms with Gasteiger partial charge in [0.05, 0.1) is 28.9 Å². The first kappa shape index (κ1) is 30.5. The van der Waals surface area contributed by atoms with Gasteiger partial charge in [-0.15, -0.1) is 11.3 Å². The zero-order chi connectivity index (χ0) is 28.7.